The van der Waals surface area contributed by atoms with Crippen LogP contribution in [-0.4, -0.2) is 30.1 Å². The van der Waals surface area contributed by atoms with Gasteiger partial charge in [0, 0.05) is 18.7 Å². The Kier molecular flexibility index (Phi) is 6.92. The van der Waals surface area contributed by atoms with Crippen molar-refractivity contribution in [3.8, 4) is 0 Å². The van der Waals surface area contributed by atoms with Gasteiger partial charge in [0.15, 0.2) is 5.82 Å². The maximum atomic E-state index is 13.3. The summed E-state index contributed by atoms with van der Waals surface area (Å²) in [6.45, 7) is 8.03. The monoisotopic (exact) mass is 496 g/mol. The van der Waals surface area contributed by atoms with E-state index in [1.54, 1.807) is 16.8 Å². The van der Waals surface area contributed by atoms with E-state index < -0.39 is 0 Å². The van der Waals surface area contributed by atoms with E-state index in [4.69, 9.17) is 0 Å². The van der Waals surface area contributed by atoms with E-state index in [2.05, 4.69) is 75.7 Å². The first-order chi connectivity index (χ1) is 17.8. The summed E-state index contributed by atoms with van der Waals surface area (Å²) in [5.41, 5.74) is 6.88. The third-order valence-electron chi connectivity index (χ3n) is 6.51. The highest BCUT2D eigenvalue weighted by molar-refractivity contribution is 5.82. The van der Waals surface area contributed by atoms with Gasteiger partial charge >= 0.3 is 0 Å². The van der Waals surface area contributed by atoms with Gasteiger partial charge in [-0.1, -0.05) is 53.6 Å². The molecular weight excluding hydrogens is 467 g/mol. The normalized spacial score (nSPS) is 11.5. The first-order valence-corrected chi connectivity index (χ1v) is 12.2. The lowest BCUT2D eigenvalue weighted by Crippen LogP contribution is -2.28. The van der Waals surface area contributed by atoms with Gasteiger partial charge in [-0.25, -0.2) is 9.07 Å². The number of pyridine rings is 1. The van der Waals surface area contributed by atoms with Crippen LogP contribution < -0.4 is 5.56 Å². The number of H-pyrrole nitrogens is 1. The Labute approximate surface area is 214 Å². The minimum absolute atomic E-state index is 0.0979. The van der Waals surface area contributed by atoms with Crippen LogP contribution in [0.1, 0.15) is 39.2 Å². The van der Waals surface area contributed by atoms with Crippen LogP contribution in [0.2, 0.25) is 0 Å². The molecule has 0 atom stereocenters. The third-order valence-corrected chi connectivity index (χ3v) is 6.51. The van der Waals surface area contributed by atoms with E-state index in [0.29, 0.717) is 37.6 Å². The van der Waals surface area contributed by atoms with Crippen LogP contribution in [0.4, 0.5) is 4.39 Å². The van der Waals surface area contributed by atoms with Crippen molar-refractivity contribution in [3.63, 3.8) is 0 Å². The fraction of sp³-hybridized carbons (Fsp3) is 0.241. The Morgan fingerprint density at radius 1 is 0.865 bits per heavy atom. The fourth-order valence-electron chi connectivity index (χ4n) is 4.63. The van der Waals surface area contributed by atoms with Gasteiger partial charge in [-0.15, -0.1) is 5.10 Å². The minimum Gasteiger partial charge on any atom is -0.321 e. The second kappa shape index (κ2) is 10.4. The molecule has 0 saturated carbocycles. The molecule has 7 nitrogen and oxygen atoms in total. The first kappa shape index (κ1) is 24.5. The van der Waals surface area contributed by atoms with E-state index in [9.17, 15) is 9.18 Å². The average molecular weight is 497 g/mol. The second-order valence-electron chi connectivity index (χ2n) is 9.68. The van der Waals surface area contributed by atoms with Crippen LogP contribution in [0.5, 0.6) is 0 Å². The molecule has 37 heavy (non-hydrogen) atoms. The van der Waals surface area contributed by atoms with E-state index >= 15 is 0 Å². The van der Waals surface area contributed by atoms with Crippen molar-refractivity contribution < 1.29 is 4.39 Å². The summed E-state index contributed by atoms with van der Waals surface area (Å²) in [6.07, 6.45) is 0. The maximum Gasteiger partial charge on any atom is 0.252 e. The summed E-state index contributed by atoms with van der Waals surface area (Å²) >= 11 is 0. The largest absolute Gasteiger partial charge is 0.321 e. The molecule has 0 fully saturated rings. The molecule has 8 heteroatoms. The molecule has 0 unspecified atom stereocenters. The molecule has 188 valence electrons. The Morgan fingerprint density at radius 3 is 2.35 bits per heavy atom. The Hall–Kier alpha value is -4.17. The lowest BCUT2D eigenvalue weighted by Gasteiger charge is -2.22. The Balaban J connectivity index is 1.45. The van der Waals surface area contributed by atoms with Crippen molar-refractivity contribution in [3.05, 3.63) is 122 Å². The highest BCUT2D eigenvalue weighted by Gasteiger charge is 2.16. The number of hydrogen-bond acceptors (Lipinski definition) is 5. The van der Waals surface area contributed by atoms with Crippen molar-refractivity contribution >= 4 is 10.9 Å². The van der Waals surface area contributed by atoms with Crippen LogP contribution in [0, 0.1) is 26.6 Å². The quantitative estimate of drug-likeness (QED) is 0.333. The van der Waals surface area contributed by atoms with Crippen molar-refractivity contribution in [2.45, 2.75) is 47.0 Å². The number of rotatable bonds is 8. The zero-order valence-corrected chi connectivity index (χ0v) is 21.2. The van der Waals surface area contributed by atoms with Gasteiger partial charge in [0.2, 0.25) is 0 Å². The smallest absolute Gasteiger partial charge is 0.252 e. The number of aryl methyl sites for hydroxylation is 3. The lowest BCUT2D eigenvalue weighted by atomic mass is 10.0. The third kappa shape index (κ3) is 5.81. The lowest BCUT2D eigenvalue weighted by molar-refractivity contribution is 0.236. The second-order valence-corrected chi connectivity index (χ2v) is 9.68. The average Bonchev–Trinajstić information content (AvgIpc) is 3.29. The predicted molar refractivity (Wildman–Crippen MR) is 141 cm³/mol. The minimum atomic E-state index is -0.282. The number of fused-ring (bicyclic) bond motifs is 1. The van der Waals surface area contributed by atoms with Crippen molar-refractivity contribution in [2.24, 2.45) is 0 Å². The molecule has 0 bridgehead atoms. The van der Waals surface area contributed by atoms with Crippen LogP contribution in [-0.2, 0) is 26.2 Å². The molecule has 2 heterocycles. The Morgan fingerprint density at radius 2 is 1.59 bits per heavy atom. The van der Waals surface area contributed by atoms with Gasteiger partial charge in [-0.2, -0.15) is 0 Å². The first-order valence-electron chi connectivity index (χ1n) is 12.2. The summed E-state index contributed by atoms with van der Waals surface area (Å²) in [5, 5.41) is 13.3. The van der Waals surface area contributed by atoms with Gasteiger partial charge in [-0.05, 0) is 77.5 Å². The van der Waals surface area contributed by atoms with Crippen LogP contribution >= 0.6 is 0 Å². The molecule has 0 aliphatic carbocycles. The number of halogens is 1. The highest BCUT2D eigenvalue weighted by Crippen LogP contribution is 2.20. The molecular formula is C29H29FN6O. The molecule has 2 aromatic heterocycles. The van der Waals surface area contributed by atoms with Gasteiger partial charge < -0.3 is 4.98 Å². The zero-order chi connectivity index (χ0) is 25.9. The summed E-state index contributed by atoms with van der Waals surface area (Å²) < 4.78 is 15.1. The van der Waals surface area contributed by atoms with E-state index in [1.165, 1.54) is 17.7 Å². The number of tetrazole rings is 1. The van der Waals surface area contributed by atoms with Gasteiger partial charge in [-0.3, -0.25) is 9.69 Å². The summed E-state index contributed by atoms with van der Waals surface area (Å²) in [7, 11) is 0. The summed E-state index contributed by atoms with van der Waals surface area (Å²) in [4.78, 5) is 18.3. The predicted octanol–water partition coefficient (Wildman–Crippen LogP) is 4.83. The number of benzene rings is 3. The SMILES string of the molecule is Cc1ccc(CN(Cc2cc3cc(C)cc(C)c3[nH]c2=O)Cc2nnnn2Cc2ccc(F)cc2)cc1. The number of aromatic nitrogens is 5. The highest BCUT2D eigenvalue weighted by atomic mass is 19.1. The molecule has 0 radical (unpaired) electrons. The fourth-order valence-corrected chi connectivity index (χ4v) is 4.63. The van der Waals surface area contributed by atoms with E-state index in [1.807, 2.05) is 13.0 Å². The van der Waals surface area contributed by atoms with Gasteiger partial charge in [0.05, 0.1) is 18.6 Å². The van der Waals surface area contributed by atoms with Gasteiger partial charge in [0.25, 0.3) is 5.56 Å². The molecule has 0 saturated heterocycles. The summed E-state index contributed by atoms with van der Waals surface area (Å²) in [6, 6.07) is 20.8. The molecule has 5 aromatic rings. The number of nitrogens with zero attached hydrogens (tertiary/aromatic N) is 5. The van der Waals surface area contributed by atoms with E-state index in [0.717, 1.165) is 33.2 Å². The molecule has 1 N–H and O–H groups in total. The molecule has 0 aliphatic rings. The molecule has 3 aromatic carbocycles. The standard InChI is InChI=1S/C29H29FN6O/c1-19-4-6-22(7-5-19)15-35(17-25-14-24-13-20(2)12-21(3)28(24)31-29(25)37)18-27-32-33-34-36(27)16-23-8-10-26(30)11-9-23/h4-14H,15-18H2,1-3H3,(H,31,37). The molecule has 0 aliphatic heterocycles. The van der Waals surface area contributed by atoms with Crippen molar-refractivity contribution in [2.75, 3.05) is 0 Å². The van der Waals surface area contributed by atoms with E-state index in [-0.39, 0.29) is 11.4 Å². The zero-order valence-electron chi connectivity index (χ0n) is 21.2. The summed E-state index contributed by atoms with van der Waals surface area (Å²) in [5.74, 6) is 0.385. The van der Waals surface area contributed by atoms with Crippen LogP contribution in [0.15, 0.2) is 71.5 Å². The van der Waals surface area contributed by atoms with Crippen molar-refractivity contribution in [1.82, 2.24) is 30.1 Å². The van der Waals surface area contributed by atoms with Crippen LogP contribution in [0.25, 0.3) is 10.9 Å². The number of nitrogens with one attached hydrogen (secondary N) is 1. The topological polar surface area (TPSA) is 79.7 Å². The molecule has 5 rings (SSSR count). The molecule has 0 amide bonds. The molecule has 0 spiro atoms. The number of aromatic amines is 1. The van der Waals surface area contributed by atoms with Crippen molar-refractivity contribution in [1.29, 1.82) is 0 Å². The van der Waals surface area contributed by atoms with Crippen LogP contribution in [0.3, 0.4) is 0 Å². The maximum absolute atomic E-state index is 13.3. The Bertz CT molecular complexity index is 1590. The van der Waals surface area contributed by atoms with Gasteiger partial charge in [0.1, 0.15) is 5.82 Å². The number of hydrogen-bond donors (Lipinski definition) is 1.